The topological polar surface area (TPSA) is 52.6 Å². The first-order valence-corrected chi connectivity index (χ1v) is 6.85. The summed E-state index contributed by atoms with van der Waals surface area (Å²) in [5, 5.41) is 12.1. The van der Waals surface area contributed by atoms with Crippen molar-refractivity contribution >= 4 is 5.97 Å². The highest BCUT2D eigenvalue weighted by Gasteiger charge is 2.28. The van der Waals surface area contributed by atoms with Gasteiger partial charge in [0.25, 0.3) is 0 Å². The van der Waals surface area contributed by atoms with E-state index in [1.54, 1.807) is 6.92 Å². The zero-order chi connectivity index (χ0) is 13.8. The summed E-state index contributed by atoms with van der Waals surface area (Å²) in [5.74, 6) is -0.783. The third kappa shape index (κ3) is 3.55. The zero-order valence-corrected chi connectivity index (χ0v) is 11.5. The van der Waals surface area contributed by atoms with Gasteiger partial charge in [0.1, 0.15) is 6.04 Å². The average Bonchev–Trinajstić information content (AvgIpc) is 2.87. The van der Waals surface area contributed by atoms with E-state index in [0.29, 0.717) is 6.04 Å². The van der Waals surface area contributed by atoms with Gasteiger partial charge in [-0.25, -0.2) is 0 Å². The first-order chi connectivity index (χ1) is 9.08. The number of likely N-dealkylation sites (tertiary alicyclic amines) is 1. The molecule has 1 heterocycles. The molecule has 19 heavy (non-hydrogen) atoms. The number of aliphatic carboxylic acids is 1. The van der Waals surface area contributed by atoms with Gasteiger partial charge >= 0.3 is 5.97 Å². The summed E-state index contributed by atoms with van der Waals surface area (Å²) in [6.45, 7) is 5.83. The molecule has 104 valence electrons. The van der Waals surface area contributed by atoms with Gasteiger partial charge in [0, 0.05) is 25.2 Å². The molecule has 1 fully saturated rings. The molecule has 0 aromatic heterocycles. The van der Waals surface area contributed by atoms with E-state index < -0.39 is 12.0 Å². The number of benzene rings is 1. The SMILES string of the molecule is CC(c1ccccc1)N1CCC(N[C@H](C)C(=O)O)C1. The number of carboxylic acid groups (broad SMARTS) is 1. The lowest BCUT2D eigenvalue weighted by Crippen LogP contribution is -2.42. The predicted molar refractivity (Wildman–Crippen MR) is 75.1 cm³/mol. The lowest BCUT2D eigenvalue weighted by atomic mass is 10.1. The van der Waals surface area contributed by atoms with E-state index in [1.807, 2.05) is 6.07 Å². The quantitative estimate of drug-likeness (QED) is 0.851. The molecule has 0 radical (unpaired) electrons. The highest BCUT2D eigenvalue weighted by molar-refractivity contribution is 5.72. The van der Waals surface area contributed by atoms with E-state index in [4.69, 9.17) is 5.11 Å². The molecule has 0 bridgehead atoms. The van der Waals surface area contributed by atoms with Gasteiger partial charge in [-0.15, -0.1) is 0 Å². The Bertz CT molecular complexity index is 421. The molecule has 1 saturated heterocycles. The summed E-state index contributed by atoms with van der Waals surface area (Å²) in [4.78, 5) is 13.3. The largest absolute Gasteiger partial charge is 0.480 e. The Kier molecular flexibility index (Phi) is 4.56. The molecular formula is C15H22N2O2. The highest BCUT2D eigenvalue weighted by atomic mass is 16.4. The third-order valence-electron chi connectivity index (χ3n) is 3.91. The molecule has 2 unspecified atom stereocenters. The van der Waals surface area contributed by atoms with Crippen LogP contribution in [0.5, 0.6) is 0 Å². The number of hydrogen-bond acceptors (Lipinski definition) is 3. The molecule has 3 atom stereocenters. The Morgan fingerprint density at radius 3 is 2.68 bits per heavy atom. The Morgan fingerprint density at radius 1 is 1.37 bits per heavy atom. The van der Waals surface area contributed by atoms with E-state index in [0.717, 1.165) is 19.5 Å². The Hall–Kier alpha value is -1.39. The van der Waals surface area contributed by atoms with Crippen LogP contribution in [0, 0.1) is 0 Å². The van der Waals surface area contributed by atoms with E-state index in [2.05, 4.69) is 41.4 Å². The summed E-state index contributed by atoms with van der Waals surface area (Å²) < 4.78 is 0. The summed E-state index contributed by atoms with van der Waals surface area (Å²) in [6.07, 6.45) is 1.01. The standard InChI is InChI=1S/C15H22N2O2/c1-11(15(18)19)16-14-8-9-17(10-14)12(2)13-6-4-3-5-7-13/h3-7,11-12,14,16H,8-10H2,1-2H3,(H,18,19)/t11-,12?,14?/m1/s1. The van der Waals surface area contributed by atoms with Gasteiger partial charge in [-0.05, 0) is 25.8 Å². The fourth-order valence-electron chi connectivity index (χ4n) is 2.64. The number of nitrogens with one attached hydrogen (secondary N) is 1. The van der Waals surface area contributed by atoms with Gasteiger partial charge in [0.15, 0.2) is 0 Å². The number of rotatable bonds is 5. The number of carbonyl (C=O) groups is 1. The van der Waals surface area contributed by atoms with Crippen LogP contribution in [0.15, 0.2) is 30.3 Å². The van der Waals surface area contributed by atoms with Gasteiger partial charge in [-0.3, -0.25) is 9.69 Å². The molecule has 0 aliphatic carbocycles. The van der Waals surface area contributed by atoms with Gasteiger partial charge in [0.05, 0.1) is 0 Å². The predicted octanol–water partition coefficient (Wildman–Crippen LogP) is 1.88. The maximum Gasteiger partial charge on any atom is 0.320 e. The van der Waals surface area contributed by atoms with Crippen molar-refractivity contribution in [3.63, 3.8) is 0 Å². The molecule has 1 aliphatic heterocycles. The van der Waals surface area contributed by atoms with Crippen LogP contribution in [0.3, 0.4) is 0 Å². The Morgan fingerprint density at radius 2 is 2.05 bits per heavy atom. The van der Waals surface area contributed by atoms with E-state index >= 15 is 0 Å². The monoisotopic (exact) mass is 262 g/mol. The maximum atomic E-state index is 10.8. The molecule has 0 saturated carbocycles. The van der Waals surface area contributed by atoms with E-state index in [1.165, 1.54) is 5.56 Å². The van der Waals surface area contributed by atoms with Crippen molar-refractivity contribution in [1.29, 1.82) is 0 Å². The van der Waals surface area contributed by atoms with Crippen LogP contribution in [0.2, 0.25) is 0 Å². The second-order valence-corrected chi connectivity index (χ2v) is 5.29. The van der Waals surface area contributed by atoms with Crippen molar-refractivity contribution in [3.05, 3.63) is 35.9 Å². The summed E-state index contributed by atoms with van der Waals surface area (Å²) in [7, 11) is 0. The van der Waals surface area contributed by atoms with Crippen LogP contribution < -0.4 is 5.32 Å². The minimum atomic E-state index is -0.783. The molecule has 0 amide bonds. The molecule has 1 aromatic rings. The summed E-state index contributed by atoms with van der Waals surface area (Å²) >= 11 is 0. The molecule has 2 N–H and O–H groups in total. The molecule has 0 spiro atoms. The van der Waals surface area contributed by atoms with Crippen molar-refractivity contribution in [2.45, 2.75) is 38.4 Å². The fraction of sp³-hybridized carbons (Fsp3) is 0.533. The minimum Gasteiger partial charge on any atom is -0.480 e. The minimum absolute atomic E-state index is 0.275. The first-order valence-electron chi connectivity index (χ1n) is 6.85. The lowest BCUT2D eigenvalue weighted by Gasteiger charge is -2.25. The molecular weight excluding hydrogens is 240 g/mol. The molecule has 1 aliphatic rings. The highest BCUT2D eigenvalue weighted by Crippen LogP contribution is 2.24. The van der Waals surface area contributed by atoms with Crippen LogP contribution in [0.4, 0.5) is 0 Å². The van der Waals surface area contributed by atoms with E-state index in [-0.39, 0.29) is 6.04 Å². The van der Waals surface area contributed by atoms with Crippen molar-refractivity contribution < 1.29 is 9.90 Å². The molecule has 4 heteroatoms. The smallest absolute Gasteiger partial charge is 0.320 e. The van der Waals surface area contributed by atoms with Crippen LogP contribution in [-0.2, 0) is 4.79 Å². The van der Waals surface area contributed by atoms with Crippen molar-refractivity contribution in [1.82, 2.24) is 10.2 Å². The Balaban J connectivity index is 1.90. The molecule has 4 nitrogen and oxygen atoms in total. The van der Waals surface area contributed by atoms with Crippen LogP contribution >= 0.6 is 0 Å². The van der Waals surface area contributed by atoms with Crippen LogP contribution in [0.25, 0.3) is 0 Å². The normalized spacial score (nSPS) is 23.2. The number of hydrogen-bond donors (Lipinski definition) is 2. The maximum absolute atomic E-state index is 10.8. The molecule has 1 aromatic carbocycles. The second-order valence-electron chi connectivity index (χ2n) is 5.29. The lowest BCUT2D eigenvalue weighted by molar-refractivity contribution is -0.139. The average molecular weight is 262 g/mol. The second kappa shape index (κ2) is 6.17. The van der Waals surface area contributed by atoms with Crippen molar-refractivity contribution in [2.24, 2.45) is 0 Å². The van der Waals surface area contributed by atoms with Crippen molar-refractivity contribution in [2.75, 3.05) is 13.1 Å². The van der Waals surface area contributed by atoms with Crippen molar-refractivity contribution in [3.8, 4) is 0 Å². The summed E-state index contributed by atoms with van der Waals surface area (Å²) in [5.41, 5.74) is 1.31. The molecule has 2 rings (SSSR count). The van der Waals surface area contributed by atoms with Crippen LogP contribution in [0.1, 0.15) is 31.9 Å². The number of nitrogens with zero attached hydrogens (tertiary/aromatic N) is 1. The van der Waals surface area contributed by atoms with Gasteiger partial charge in [-0.1, -0.05) is 30.3 Å². The Labute approximate surface area is 114 Å². The third-order valence-corrected chi connectivity index (χ3v) is 3.91. The van der Waals surface area contributed by atoms with Crippen LogP contribution in [-0.4, -0.2) is 41.1 Å². The first kappa shape index (κ1) is 14.0. The summed E-state index contributed by atoms with van der Waals surface area (Å²) in [6, 6.07) is 10.6. The van der Waals surface area contributed by atoms with E-state index in [9.17, 15) is 4.79 Å². The van der Waals surface area contributed by atoms with Gasteiger partial charge < -0.3 is 10.4 Å². The van der Waals surface area contributed by atoms with Gasteiger partial charge in [0.2, 0.25) is 0 Å². The fourth-order valence-corrected chi connectivity index (χ4v) is 2.64. The number of carboxylic acids is 1. The zero-order valence-electron chi connectivity index (χ0n) is 11.5. The van der Waals surface area contributed by atoms with Gasteiger partial charge in [-0.2, -0.15) is 0 Å².